The minimum absolute atomic E-state index is 0.236. The summed E-state index contributed by atoms with van der Waals surface area (Å²) in [6.07, 6.45) is 13.9. The molecule has 0 amide bonds. The van der Waals surface area contributed by atoms with Crippen LogP contribution in [0.4, 0.5) is 0 Å². The molecule has 0 saturated carbocycles. The van der Waals surface area contributed by atoms with Gasteiger partial charge in [-0.05, 0) is 62.2 Å². The molecular formula is C22H30N2O2. The summed E-state index contributed by atoms with van der Waals surface area (Å²) in [4.78, 5) is 20.2. The molecule has 1 aliphatic carbocycles. The minimum Gasteiger partial charge on any atom is -0.461 e. The Morgan fingerprint density at radius 2 is 2.08 bits per heavy atom. The number of carbonyl (C=O) groups is 1. The molecule has 2 rings (SSSR count). The van der Waals surface area contributed by atoms with Crippen LogP contribution in [0.3, 0.4) is 0 Å². The van der Waals surface area contributed by atoms with Crippen LogP contribution < -0.4 is 0 Å². The van der Waals surface area contributed by atoms with E-state index >= 15 is 0 Å². The number of rotatable bonds is 6. The van der Waals surface area contributed by atoms with E-state index in [1.807, 2.05) is 19.9 Å². The van der Waals surface area contributed by atoms with Gasteiger partial charge in [0.15, 0.2) is 5.69 Å². The number of hydrogen-bond donors (Lipinski definition) is 0. The lowest BCUT2D eigenvalue weighted by Crippen LogP contribution is -2.19. The lowest BCUT2D eigenvalue weighted by molar-refractivity contribution is 0.0497. The van der Waals surface area contributed by atoms with Crippen LogP contribution in [-0.4, -0.2) is 22.5 Å². The standard InChI is InChI=1S/C22H30N2O2/c1-6-12-26-21(25)20-15-23-18(14-24-20)13-16(2)9-10-19-17(3)8-7-11-22(19,4)5/h9-10,13-15H,6-8,11-12H2,1-5H3. The first kappa shape index (κ1) is 20.1. The number of carbonyl (C=O) groups excluding carboxylic acids is 1. The summed E-state index contributed by atoms with van der Waals surface area (Å²) >= 11 is 0. The van der Waals surface area contributed by atoms with Gasteiger partial charge in [-0.1, -0.05) is 38.5 Å². The highest BCUT2D eigenvalue weighted by Gasteiger charge is 2.26. The Morgan fingerprint density at radius 3 is 2.69 bits per heavy atom. The molecule has 0 bridgehead atoms. The third-order valence-corrected chi connectivity index (χ3v) is 4.75. The summed E-state index contributed by atoms with van der Waals surface area (Å²) < 4.78 is 5.06. The molecule has 4 nitrogen and oxygen atoms in total. The van der Waals surface area contributed by atoms with Gasteiger partial charge in [-0.15, -0.1) is 0 Å². The third kappa shape index (κ3) is 5.38. The highest BCUT2D eigenvalue weighted by atomic mass is 16.5. The van der Waals surface area contributed by atoms with Gasteiger partial charge in [0.05, 0.1) is 24.7 Å². The topological polar surface area (TPSA) is 52.1 Å². The molecule has 0 atom stereocenters. The summed E-state index contributed by atoms with van der Waals surface area (Å²) in [5.74, 6) is -0.423. The van der Waals surface area contributed by atoms with Crippen LogP contribution >= 0.6 is 0 Å². The lowest BCUT2D eigenvalue weighted by Gasteiger charge is -2.32. The number of hydrogen-bond acceptors (Lipinski definition) is 4. The van der Waals surface area contributed by atoms with E-state index in [1.54, 1.807) is 6.20 Å². The average Bonchev–Trinajstić information content (AvgIpc) is 2.59. The summed E-state index contributed by atoms with van der Waals surface area (Å²) in [6, 6.07) is 0. The number of esters is 1. The summed E-state index contributed by atoms with van der Waals surface area (Å²) in [6.45, 7) is 11.3. The van der Waals surface area contributed by atoms with Gasteiger partial charge in [0, 0.05) is 0 Å². The predicted molar refractivity (Wildman–Crippen MR) is 106 cm³/mol. The van der Waals surface area contributed by atoms with E-state index in [-0.39, 0.29) is 11.1 Å². The Balaban J connectivity index is 2.08. The number of ether oxygens (including phenoxy) is 1. The molecule has 0 fully saturated rings. The smallest absolute Gasteiger partial charge is 0.358 e. The maximum atomic E-state index is 11.7. The molecule has 140 valence electrons. The fraction of sp³-hybridized carbons (Fsp3) is 0.500. The van der Waals surface area contributed by atoms with Crippen molar-refractivity contribution in [1.29, 1.82) is 0 Å². The molecule has 1 aliphatic rings. The van der Waals surface area contributed by atoms with Crippen molar-refractivity contribution in [3.63, 3.8) is 0 Å². The molecule has 0 radical (unpaired) electrons. The Bertz CT molecular complexity index is 725. The van der Waals surface area contributed by atoms with Crippen LogP contribution in [0.1, 0.15) is 76.5 Å². The monoisotopic (exact) mass is 354 g/mol. The van der Waals surface area contributed by atoms with Crippen molar-refractivity contribution in [3.8, 4) is 0 Å². The zero-order valence-corrected chi connectivity index (χ0v) is 16.6. The van der Waals surface area contributed by atoms with Gasteiger partial charge < -0.3 is 4.74 Å². The molecule has 4 heteroatoms. The second kappa shape index (κ2) is 8.93. The molecule has 1 heterocycles. The van der Waals surface area contributed by atoms with Crippen LogP contribution in [0.5, 0.6) is 0 Å². The van der Waals surface area contributed by atoms with Crippen molar-refractivity contribution >= 4 is 12.0 Å². The molecule has 1 aromatic rings. The highest BCUT2D eigenvalue weighted by molar-refractivity contribution is 5.86. The number of nitrogens with zero attached hydrogens (tertiary/aromatic N) is 2. The van der Waals surface area contributed by atoms with E-state index in [4.69, 9.17) is 4.74 Å². The van der Waals surface area contributed by atoms with Crippen molar-refractivity contribution < 1.29 is 9.53 Å². The van der Waals surface area contributed by atoms with Gasteiger partial charge >= 0.3 is 5.97 Å². The summed E-state index contributed by atoms with van der Waals surface area (Å²) in [5.41, 5.74) is 5.24. The third-order valence-electron chi connectivity index (χ3n) is 4.75. The molecule has 0 spiro atoms. The second-order valence-corrected chi connectivity index (χ2v) is 7.62. The predicted octanol–water partition coefficient (Wildman–Crippen LogP) is 5.53. The molecule has 0 aromatic carbocycles. The van der Waals surface area contributed by atoms with Gasteiger partial charge in [0.2, 0.25) is 0 Å². The van der Waals surface area contributed by atoms with Gasteiger partial charge in [-0.2, -0.15) is 0 Å². The Hall–Kier alpha value is -2.23. The van der Waals surface area contributed by atoms with Crippen molar-refractivity contribution in [2.45, 2.75) is 60.3 Å². The molecule has 0 N–H and O–H groups in total. The van der Waals surface area contributed by atoms with Crippen molar-refractivity contribution in [3.05, 3.63) is 52.7 Å². The zero-order valence-electron chi connectivity index (χ0n) is 16.6. The lowest BCUT2D eigenvalue weighted by atomic mass is 9.72. The van der Waals surface area contributed by atoms with Crippen LogP contribution in [0.15, 0.2) is 41.3 Å². The van der Waals surface area contributed by atoms with Gasteiger partial charge in [0.1, 0.15) is 0 Å². The number of aromatic nitrogens is 2. The van der Waals surface area contributed by atoms with E-state index in [0.29, 0.717) is 6.61 Å². The molecule has 1 aromatic heterocycles. The van der Waals surface area contributed by atoms with Crippen LogP contribution in [0, 0.1) is 5.41 Å². The maximum absolute atomic E-state index is 11.7. The molecule has 0 aliphatic heterocycles. The Labute approximate surface area is 157 Å². The van der Waals surface area contributed by atoms with Gasteiger partial charge in [-0.25, -0.2) is 9.78 Å². The first-order chi connectivity index (χ1) is 12.3. The minimum atomic E-state index is -0.423. The first-order valence-electron chi connectivity index (χ1n) is 9.39. The molecular weight excluding hydrogens is 324 g/mol. The molecule has 0 unspecified atom stereocenters. The van der Waals surface area contributed by atoms with E-state index in [9.17, 15) is 4.79 Å². The second-order valence-electron chi connectivity index (χ2n) is 7.62. The van der Waals surface area contributed by atoms with Gasteiger partial charge in [-0.3, -0.25) is 4.98 Å². The van der Waals surface area contributed by atoms with Crippen LogP contribution in [0.25, 0.3) is 6.08 Å². The highest BCUT2D eigenvalue weighted by Crippen LogP contribution is 2.40. The number of allylic oxidation sites excluding steroid dienone is 5. The van der Waals surface area contributed by atoms with Crippen molar-refractivity contribution in [2.24, 2.45) is 5.41 Å². The Morgan fingerprint density at radius 1 is 1.31 bits per heavy atom. The largest absolute Gasteiger partial charge is 0.461 e. The summed E-state index contributed by atoms with van der Waals surface area (Å²) in [7, 11) is 0. The quantitative estimate of drug-likeness (QED) is 0.498. The van der Waals surface area contributed by atoms with Crippen molar-refractivity contribution in [1.82, 2.24) is 9.97 Å². The fourth-order valence-corrected chi connectivity index (χ4v) is 3.29. The average molecular weight is 354 g/mol. The van der Waals surface area contributed by atoms with Crippen LogP contribution in [0.2, 0.25) is 0 Å². The maximum Gasteiger partial charge on any atom is 0.358 e. The molecule has 26 heavy (non-hydrogen) atoms. The van der Waals surface area contributed by atoms with E-state index in [2.05, 4.69) is 42.9 Å². The van der Waals surface area contributed by atoms with E-state index in [1.165, 1.54) is 36.6 Å². The SMILES string of the molecule is CCCOC(=O)c1cnc(C=C(C)C=CC2=C(C)CCCC2(C)C)cn1. The normalized spacial score (nSPS) is 17.7. The summed E-state index contributed by atoms with van der Waals surface area (Å²) in [5, 5.41) is 0. The fourth-order valence-electron chi connectivity index (χ4n) is 3.29. The van der Waals surface area contributed by atoms with E-state index < -0.39 is 5.97 Å². The molecule has 0 saturated heterocycles. The van der Waals surface area contributed by atoms with E-state index in [0.717, 1.165) is 17.7 Å². The Kier molecular flexibility index (Phi) is 6.90. The van der Waals surface area contributed by atoms with Crippen molar-refractivity contribution in [2.75, 3.05) is 6.61 Å². The first-order valence-corrected chi connectivity index (χ1v) is 9.39. The van der Waals surface area contributed by atoms with Crippen LogP contribution in [-0.2, 0) is 4.74 Å². The zero-order chi connectivity index (χ0) is 19.2. The van der Waals surface area contributed by atoms with Gasteiger partial charge in [0.25, 0.3) is 0 Å².